The van der Waals surface area contributed by atoms with Crippen LogP contribution in [0.2, 0.25) is 0 Å². The van der Waals surface area contributed by atoms with Crippen molar-refractivity contribution in [3.63, 3.8) is 0 Å². The van der Waals surface area contributed by atoms with Crippen LogP contribution in [0.15, 0.2) is 48.8 Å². The second-order valence-electron chi connectivity index (χ2n) is 6.05. The van der Waals surface area contributed by atoms with E-state index in [2.05, 4.69) is 15.3 Å². The highest BCUT2D eigenvalue weighted by Gasteiger charge is 2.20. The minimum absolute atomic E-state index is 0.169. The number of amides is 1. The molecular formula is C19H21N5O2. The van der Waals surface area contributed by atoms with E-state index in [4.69, 9.17) is 16.2 Å². The highest BCUT2D eigenvalue weighted by atomic mass is 16.5. The molecule has 2 unspecified atom stereocenters. The predicted octanol–water partition coefficient (Wildman–Crippen LogP) is 2.24. The third-order valence-electron chi connectivity index (χ3n) is 4.19. The van der Waals surface area contributed by atoms with Gasteiger partial charge in [-0.1, -0.05) is 30.3 Å². The van der Waals surface area contributed by atoms with Gasteiger partial charge >= 0.3 is 0 Å². The fourth-order valence-electron chi connectivity index (χ4n) is 2.89. The molecule has 0 aliphatic heterocycles. The molecule has 0 fully saturated rings. The van der Waals surface area contributed by atoms with E-state index in [1.807, 2.05) is 37.3 Å². The lowest BCUT2D eigenvalue weighted by Gasteiger charge is -2.24. The van der Waals surface area contributed by atoms with Gasteiger partial charge in [0.15, 0.2) is 0 Å². The lowest BCUT2D eigenvalue weighted by molar-refractivity contribution is 0.100. The minimum atomic E-state index is -0.578. The van der Waals surface area contributed by atoms with Crippen LogP contribution in [0.1, 0.15) is 28.9 Å². The van der Waals surface area contributed by atoms with Crippen LogP contribution in [-0.4, -0.2) is 29.0 Å². The summed E-state index contributed by atoms with van der Waals surface area (Å²) in [6, 6.07) is 12.9. The van der Waals surface area contributed by atoms with Crippen molar-refractivity contribution >= 4 is 22.6 Å². The maximum Gasteiger partial charge on any atom is 0.251 e. The normalized spacial score (nSPS) is 13.2. The van der Waals surface area contributed by atoms with Crippen molar-refractivity contribution in [3.05, 3.63) is 59.9 Å². The quantitative estimate of drug-likeness (QED) is 0.627. The highest BCUT2D eigenvalue weighted by Crippen LogP contribution is 2.30. The Bertz CT molecular complexity index is 928. The number of benzene rings is 2. The van der Waals surface area contributed by atoms with Crippen molar-refractivity contribution < 1.29 is 9.53 Å². The van der Waals surface area contributed by atoms with Gasteiger partial charge in [0.2, 0.25) is 0 Å². The summed E-state index contributed by atoms with van der Waals surface area (Å²) in [6.07, 6.45) is 1.40. The summed E-state index contributed by atoms with van der Waals surface area (Å²) < 4.78 is 5.29. The first-order valence-corrected chi connectivity index (χ1v) is 8.21. The summed E-state index contributed by atoms with van der Waals surface area (Å²) in [5.74, 6) is 0.481. The number of carbonyl (C=O) groups excluding carboxylic acids is 1. The zero-order valence-corrected chi connectivity index (χ0v) is 14.6. The summed E-state index contributed by atoms with van der Waals surface area (Å²) in [6.45, 7) is 1.92. The van der Waals surface area contributed by atoms with Gasteiger partial charge in [-0.25, -0.2) is 9.97 Å². The van der Waals surface area contributed by atoms with Crippen LogP contribution in [0, 0.1) is 0 Å². The third kappa shape index (κ3) is 3.43. The van der Waals surface area contributed by atoms with Crippen molar-refractivity contribution in [1.82, 2.24) is 9.97 Å². The Hall–Kier alpha value is -3.19. The van der Waals surface area contributed by atoms with Gasteiger partial charge in [0, 0.05) is 11.4 Å². The second-order valence-corrected chi connectivity index (χ2v) is 6.05. The zero-order chi connectivity index (χ0) is 18.7. The first-order valence-electron chi connectivity index (χ1n) is 8.21. The van der Waals surface area contributed by atoms with Crippen molar-refractivity contribution in [1.29, 1.82) is 0 Å². The Balaban J connectivity index is 2.12. The van der Waals surface area contributed by atoms with Gasteiger partial charge in [0.05, 0.1) is 24.2 Å². The number of methoxy groups -OCH3 is 1. The van der Waals surface area contributed by atoms with E-state index in [0.29, 0.717) is 22.5 Å². The Labute approximate surface area is 151 Å². The average molecular weight is 351 g/mol. The third-order valence-corrected chi connectivity index (χ3v) is 4.19. The maximum absolute atomic E-state index is 11.8. The minimum Gasteiger partial charge on any atom is -0.497 e. The molecule has 7 nitrogen and oxygen atoms in total. The molecule has 26 heavy (non-hydrogen) atoms. The molecule has 2 aromatic carbocycles. The van der Waals surface area contributed by atoms with E-state index in [-0.39, 0.29) is 17.6 Å². The van der Waals surface area contributed by atoms with Crippen molar-refractivity contribution in [3.8, 4) is 5.75 Å². The van der Waals surface area contributed by atoms with Gasteiger partial charge < -0.3 is 21.5 Å². The molecule has 3 rings (SSSR count). The first kappa shape index (κ1) is 17.6. The summed E-state index contributed by atoms with van der Waals surface area (Å²) >= 11 is 0. The van der Waals surface area contributed by atoms with Gasteiger partial charge in [-0.3, -0.25) is 4.79 Å². The lowest BCUT2D eigenvalue weighted by Crippen LogP contribution is -2.30. The van der Waals surface area contributed by atoms with Crippen molar-refractivity contribution in [2.24, 2.45) is 11.5 Å². The number of nitrogens with one attached hydrogen (secondary N) is 1. The van der Waals surface area contributed by atoms with E-state index < -0.39 is 5.91 Å². The summed E-state index contributed by atoms with van der Waals surface area (Å²) in [4.78, 5) is 20.4. The predicted molar refractivity (Wildman–Crippen MR) is 101 cm³/mol. The molecule has 0 saturated heterocycles. The standard InChI is InChI=1S/C19H21N5O2/c1-11(20)16(12-6-4-3-5-7-12)24-19-15-9-13(26-2)8-14(18(21)25)17(15)22-10-23-19/h3-11,16H,20H2,1-2H3,(H2,21,25)(H,22,23,24). The number of primary amides is 1. The number of nitrogens with zero attached hydrogens (tertiary/aromatic N) is 2. The Morgan fingerprint density at radius 1 is 1.19 bits per heavy atom. The first-order chi connectivity index (χ1) is 12.5. The number of aromatic nitrogens is 2. The molecule has 1 amide bonds. The molecule has 0 bridgehead atoms. The van der Waals surface area contributed by atoms with Crippen LogP contribution in [0.5, 0.6) is 5.75 Å². The van der Waals surface area contributed by atoms with E-state index in [9.17, 15) is 4.79 Å². The van der Waals surface area contributed by atoms with Crippen molar-refractivity contribution in [2.45, 2.75) is 19.0 Å². The van der Waals surface area contributed by atoms with Crippen LogP contribution >= 0.6 is 0 Å². The summed E-state index contributed by atoms with van der Waals surface area (Å²) in [7, 11) is 1.53. The Kier molecular flexibility index (Phi) is 4.99. The molecule has 0 radical (unpaired) electrons. The van der Waals surface area contributed by atoms with Gasteiger partial charge in [-0.15, -0.1) is 0 Å². The fraction of sp³-hybridized carbons (Fsp3) is 0.211. The summed E-state index contributed by atoms with van der Waals surface area (Å²) in [5, 5.41) is 4.01. The number of anilines is 1. The van der Waals surface area contributed by atoms with Crippen LogP contribution < -0.4 is 21.5 Å². The molecule has 0 spiro atoms. The van der Waals surface area contributed by atoms with Gasteiger partial charge in [0.1, 0.15) is 17.9 Å². The molecule has 3 aromatic rings. The van der Waals surface area contributed by atoms with Crippen molar-refractivity contribution in [2.75, 3.05) is 12.4 Å². The van der Waals surface area contributed by atoms with Gasteiger partial charge in [-0.05, 0) is 24.6 Å². The molecule has 5 N–H and O–H groups in total. The number of hydrogen-bond donors (Lipinski definition) is 3. The topological polar surface area (TPSA) is 116 Å². The molecule has 1 aromatic heterocycles. The number of rotatable bonds is 6. The van der Waals surface area contributed by atoms with Crippen LogP contribution in [0.25, 0.3) is 10.9 Å². The molecule has 2 atom stereocenters. The lowest BCUT2D eigenvalue weighted by atomic mass is 10.0. The monoisotopic (exact) mass is 351 g/mol. The average Bonchev–Trinajstić information content (AvgIpc) is 2.65. The largest absolute Gasteiger partial charge is 0.497 e. The fourth-order valence-corrected chi connectivity index (χ4v) is 2.89. The Morgan fingerprint density at radius 2 is 1.92 bits per heavy atom. The molecule has 0 aliphatic carbocycles. The molecule has 1 heterocycles. The molecule has 7 heteroatoms. The van der Waals surface area contributed by atoms with Gasteiger partial charge in [-0.2, -0.15) is 0 Å². The van der Waals surface area contributed by atoms with E-state index >= 15 is 0 Å². The number of ether oxygens (including phenoxy) is 1. The Morgan fingerprint density at radius 3 is 2.54 bits per heavy atom. The number of hydrogen-bond acceptors (Lipinski definition) is 6. The van der Waals surface area contributed by atoms with E-state index in [1.54, 1.807) is 12.1 Å². The van der Waals surface area contributed by atoms with Gasteiger partial charge in [0.25, 0.3) is 5.91 Å². The highest BCUT2D eigenvalue weighted by molar-refractivity contribution is 6.07. The summed E-state index contributed by atoms with van der Waals surface area (Å²) in [5.41, 5.74) is 13.5. The number of nitrogens with two attached hydrogens (primary N) is 2. The second kappa shape index (κ2) is 7.37. The maximum atomic E-state index is 11.8. The molecular weight excluding hydrogens is 330 g/mol. The zero-order valence-electron chi connectivity index (χ0n) is 14.6. The van der Waals surface area contributed by atoms with E-state index in [0.717, 1.165) is 5.56 Å². The van der Waals surface area contributed by atoms with Crippen LogP contribution in [0.4, 0.5) is 5.82 Å². The number of fused-ring (bicyclic) bond motifs is 1. The molecule has 134 valence electrons. The smallest absolute Gasteiger partial charge is 0.251 e. The molecule has 0 saturated carbocycles. The molecule has 0 aliphatic rings. The number of carbonyl (C=O) groups is 1. The van der Waals surface area contributed by atoms with Crippen LogP contribution in [0.3, 0.4) is 0 Å². The van der Waals surface area contributed by atoms with E-state index in [1.165, 1.54) is 13.4 Å². The SMILES string of the molecule is COc1cc(C(N)=O)c2ncnc(NC(c3ccccc3)C(C)N)c2c1. The van der Waals surface area contributed by atoms with Crippen LogP contribution in [-0.2, 0) is 0 Å².